The zero-order valence-corrected chi connectivity index (χ0v) is 13.1. The van der Waals surface area contributed by atoms with Crippen molar-refractivity contribution in [3.8, 4) is 0 Å². The van der Waals surface area contributed by atoms with Gasteiger partial charge in [0.25, 0.3) is 5.91 Å². The highest BCUT2D eigenvalue weighted by Crippen LogP contribution is 2.30. The highest BCUT2D eigenvalue weighted by molar-refractivity contribution is 7.10. The van der Waals surface area contributed by atoms with E-state index in [2.05, 4.69) is 15.3 Å². The van der Waals surface area contributed by atoms with Gasteiger partial charge in [-0.05, 0) is 12.8 Å². The first-order valence-electron chi connectivity index (χ1n) is 6.66. The van der Waals surface area contributed by atoms with Gasteiger partial charge in [0.2, 0.25) is 0 Å². The summed E-state index contributed by atoms with van der Waals surface area (Å²) in [5.74, 6) is -1.37. The second-order valence-electron chi connectivity index (χ2n) is 4.69. The topological polar surface area (TPSA) is 101 Å². The van der Waals surface area contributed by atoms with Gasteiger partial charge in [0.15, 0.2) is 5.69 Å². The maximum Gasteiger partial charge on any atom is 0.355 e. The van der Waals surface area contributed by atoms with Gasteiger partial charge in [-0.2, -0.15) is 0 Å². The molecule has 1 aliphatic heterocycles. The molecule has 0 aliphatic carbocycles. The number of aromatic nitrogens is 2. The number of nitrogens with one attached hydrogen (secondary N) is 1. The number of hydrogen-bond donors (Lipinski definition) is 2. The summed E-state index contributed by atoms with van der Waals surface area (Å²) in [5.41, 5.74) is 0.342. The Morgan fingerprint density at radius 1 is 1.32 bits per heavy atom. The van der Waals surface area contributed by atoms with Crippen molar-refractivity contribution in [2.45, 2.75) is 25.5 Å². The first kappa shape index (κ1) is 15.1. The third kappa shape index (κ3) is 3.32. The quantitative estimate of drug-likeness (QED) is 0.865. The van der Waals surface area contributed by atoms with E-state index in [0.29, 0.717) is 10.7 Å². The molecule has 0 radical (unpaired) electrons. The smallest absolute Gasteiger partial charge is 0.355 e. The number of carbonyl (C=O) groups excluding carboxylic acids is 1. The summed E-state index contributed by atoms with van der Waals surface area (Å²) in [6, 6.07) is 0. The molecule has 2 aromatic heterocycles. The van der Waals surface area contributed by atoms with Crippen LogP contribution in [0.25, 0.3) is 0 Å². The van der Waals surface area contributed by atoms with Crippen LogP contribution >= 0.6 is 22.7 Å². The number of ether oxygens (including phenoxy) is 1. The summed E-state index contributed by atoms with van der Waals surface area (Å²) in [6.07, 6.45) is 1.96. The van der Waals surface area contributed by atoms with Crippen LogP contribution in [0.15, 0.2) is 10.8 Å². The fraction of sp³-hybridized carbons (Fsp3) is 0.385. The molecule has 0 bridgehead atoms. The van der Waals surface area contributed by atoms with Gasteiger partial charge in [-0.25, -0.2) is 14.8 Å². The van der Waals surface area contributed by atoms with Crippen LogP contribution in [0.5, 0.6) is 0 Å². The van der Waals surface area contributed by atoms with Crippen LogP contribution in [0.4, 0.5) is 0 Å². The Labute approximate surface area is 134 Å². The SMILES string of the molecule is O=C(O)c1csc(CNC(=O)c2csc(C3CCCO3)n2)n1. The molecule has 7 nitrogen and oxygen atoms in total. The van der Waals surface area contributed by atoms with Crippen molar-refractivity contribution in [2.24, 2.45) is 0 Å². The van der Waals surface area contributed by atoms with Crippen molar-refractivity contribution in [2.75, 3.05) is 6.61 Å². The number of rotatable bonds is 5. The third-order valence-corrected chi connectivity index (χ3v) is 4.92. The molecule has 2 aromatic rings. The molecule has 0 spiro atoms. The minimum absolute atomic E-state index is 0.00337. The molecule has 1 saturated heterocycles. The Hall–Kier alpha value is -1.84. The van der Waals surface area contributed by atoms with E-state index in [9.17, 15) is 9.59 Å². The lowest BCUT2D eigenvalue weighted by Gasteiger charge is -2.03. The highest BCUT2D eigenvalue weighted by Gasteiger charge is 2.22. The van der Waals surface area contributed by atoms with Gasteiger partial charge in [0.1, 0.15) is 21.8 Å². The van der Waals surface area contributed by atoms with E-state index in [0.717, 1.165) is 24.5 Å². The minimum Gasteiger partial charge on any atom is -0.476 e. The number of thiazole rings is 2. The average molecular weight is 339 g/mol. The third-order valence-electron chi connectivity index (χ3n) is 3.13. The summed E-state index contributed by atoms with van der Waals surface area (Å²) in [7, 11) is 0. The van der Waals surface area contributed by atoms with E-state index >= 15 is 0 Å². The first-order valence-corrected chi connectivity index (χ1v) is 8.42. The molecular weight excluding hydrogens is 326 g/mol. The number of carboxylic acids is 1. The summed E-state index contributed by atoms with van der Waals surface area (Å²) in [6.45, 7) is 0.922. The van der Waals surface area contributed by atoms with Gasteiger partial charge < -0.3 is 15.2 Å². The number of nitrogens with zero attached hydrogens (tertiary/aromatic N) is 2. The molecular formula is C13H13N3O4S2. The van der Waals surface area contributed by atoms with Gasteiger partial charge in [-0.1, -0.05) is 0 Å². The van der Waals surface area contributed by atoms with E-state index in [-0.39, 0.29) is 24.2 Å². The minimum atomic E-state index is -1.07. The average Bonchev–Trinajstić information content (AvgIpc) is 3.23. The van der Waals surface area contributed by atoms with E-state index in [1.807, 2.05) is 0 Å². The Morgan fingerprint density at radius 3 is 2.82 bits per heavy atom. The van der Waals surface area contributed by atoms with E-state index < -0.39 is 5.97 Å². The second-order valence-corrected chi connectivity index (χ2v) is 6.52. The summed E-state index contributed by atoms with van der Waals surface area (Å²) >= 11 is 2.61. The van der Waals surface area contributed by atoms with E-state index in [4.69, 9.17) is 9.84 Å². The molecule has 9 heteroatoms. The van der Waals surface area contributed by atoms with Crippen molar-refractivity contribution < 1.29 is 19.4 Å². The largest absolute Gasteiger partial charge is 0.476 e. The number of carbonyl (C=O) groups is 2. The van der Waals surface area contributed by atoms with Crippen molar-refractivity contribution >= 4 is 34.6 Å². The zero-order chi connectivity index (χ0) is 15.5. The summed E-state index contributed by atoms with van der Waals surface area (Å²) in [5, 5.41) is 16.0. The fourth-order valence-electron chi connectivity index (χ4n) is 2.05. The van der Waals surface area contributed by atoms with E-state index in [1.165, 1.54) is 28.1 Å². The van der Waals surface area contributed by atoms with Crippen LogP contribution in [0.1, 0.15) is 49.9 Å². The van der Waals surface area contributed by atoms with Crippen LogP contribution in [0, 0.1) is 0 Å². The van der Waals surface area contributed by atoms with Gasteiger partial charge in [0.05, 0.1) is 6.54 Å². The molecule has 1 aliphatic rings. The van der Waals surface area contributed by atoms with Crippen LogP contribution in [-0.2, 0) is 11.3 Å². The predicted molar refractivity (Wildman–Crippen MR) is 80.3 cm³/mol. The molecule has 3 heterocycles. The van der Waals surface area contributed by atoms with Gasteiger partial charge in [-0.15, -0.1) is 22.7 Å². The maximum absolute atomic E-state index is 12.0. The lowest BCUT2D eigenvalue weighted by atomic mass is 10.2. The Balaban J connectivity index is 1.58. The number of hydrogen-bond acceptors (Lipinski definition) is 7. The van der Waals surface area contributed by atoms with Gasteiger partial charge in [-0.3, -0.25) is 4.79 Å². The van der Waals surface area contributed by atoms with Crippen molar-refractivity contribution in [3.05, 3.63) is 32.2 Å². The molecule has 116 valence electrons. The fourth-order valence-corrected chi connectivity index (χ4v) is 3.64. The van der Waals surface area contributed by atoms with Crippen LogP contribution in [0.2, 0.25) is 0 Å². The number of carboxylic acid groups (broad SMARTS) is 1. The Kier molecular flexibility index (Phi) is 4.46. The first-order chi connectivity index (χ1) is 10.6. The molecule has 1 amide bonds. The lowest BCUT2D eigenvalue weighted by molar-refractivity contribution is 0.0691. The monoisotopic (exact) mass is 339 g/mol. The summed E-state index contributed by atoms with van der Waals surface area (Å²) in [4.78, 5) is 31.0. The van der Waals surface area contributed by atoms with Crippen molar-refractivity contribution in [1.82, 2.24) is 15.3 Å². The molecule has 0 aromatic carbocycles. The van der Waals surface area contributed by atoms with Crippen molar-refractivity contribution in [1.29, 1.82) is 0 Å². The standard InChI is InChI=1S/C13H13N3O4S2/c17-11(14-4-10-15-8(6-21-10)13(18)19)7-5-22-12(16-7)9-2-1-3-20-9/h5-6,9H,1-4H2,(H,14,17)(H,18,19). The second kappa shape index (κ2) is 6.51. The van der Waals surface area contributed by atoms with E-state index in [1.54, 1.807) is 5.38 Å². The molecule has 3 rings (SSSR count). The molecule has 2 N–H and O–H groups in total. The predicted octanol–water partition coefficient (Wildman–Crippen LogP) is 2.08. The Bertz CT molecular complexity index is 691. The molecule has 0 saturated carbocycles. The zero-order valence-electron chi connectivity index (χ0n) is 11.4. The van der Waals surface area contributed by atoms with Crippen LogP contribution < -0.4 is 5.32 Å². The Morgan fingerprint density at radius 2 is 2.14 bits per heavy atom. The number of aromatic carboxylic acids is 1. The van der Waals surface area contributed by atoms with Crippen LogP contribution in [0.3, 0.4) is 0 Å². The maximum atomic E-state index is 12.0. The highest BCUT2D eigenvalue weighted by atomic mass is 32.1. The normalized spacial score (nSPS) is 17.5. The van der Waals surface area contributed by atoms with Gasteiger partial charge >= 0.3 is 5.97 Å². The van der Waals surface area contributed by atoms with Crippen molar-refractivity contribution in [3.63, 3.8) is 0 Å². The lowest BCUT2D eigenvalue weighted by Crippen LogP contribution is -2.23. The van der Waals surface area contributed by atoms with Gasteiger partial charge in [0, 0.05) is 17.4 Å². The molecule has 1 fully saturated rings. The summed E-state index contributed by atoms with van der Waals surface area (Å²) < 4.78 is 5.54. The molecule has 1 atom stereocenters. The molecule has 1 unspecified atom stereocenters. The molecule has 22 heavy (non-hydrogen) atoms. The number of amides is 1. The van der Waals surface area contributed by atoms with Crippen LogP contribution in [-0.4, -0.2) is 33.6 Å².